The molecule has 1 saturated heterocycles. The van der Waals surface area contributed by atoms with E-state index in [1.165, 1.54) is 6.20 Å². The molecular formula is C22H29N3O4. The molecule has 2 atom stereocenters. The van der Waals surface area contributed by atoms with Crippen LogP contribution in [0.1, 0.15) is 18.4 Å². The van der Waals surface area contributed by atoms with Crippen molar-refractivity contribution < 1.29 is 19.1 Å². The van der Waals surface area contributed by atoms with Crippen molar-refractivity contribution in [3.8, 4) is 0 Å². The van der Waals surface area contributed by atoms with Crippen LogP contribution in [-0.2, 0) is 20.7 Å². The molecule has 1 aromatic carbocycles. The molecule has 0 bridgehead atoms. The topological polar surface area (TPSA) is 103 Å². The Kier molecular flexibility index (Phi) is 9.51. The summed E-state index contributed by atoms with van der Waals surface area (Å²) >= 11 is 0. The summed E-state index contributed by atoms with van der Waals surface area (Å²) in [5.41, 5.74) is 7.00. The van der Waals surface area contributed by atoms with Crippen molar-refractivity contribution >= 4 is 12.0 Å². The number of hydrogen-bond donors (Lipinski definition) is 3. The number of rotatable bonds is 10. The molecule has 1 fully saturated rings. The zero-order valence-corrected chi connectivity index (χ0v) is 16.5. The van der Waals surface area contributed by atoms with E-state index in [2.05, 4.69) is 17.2 Å². The Labute approximate surface area is 171 Å². The van der Waals surface area contributed by atoms with Crippen molar-refractivity contribution in [2.75, 3.05) is 19.8 Å². The molecule has 7 nitrogen and oxygen atoms in total. The Morgan fingerprint density at radius 3 is 2.79 bits per heavy atom. The smallest absolute Gasteiger partial charge is 0.408 e. The van der Waals surface area contributed by atoms with Gasteiger partial charge in [0.05, 0.1) is 6.10 Å². The van der Waals surface area contributed by atoms with E-state index in [-0.39, 0.29) is 18.6 Å². The van der Waals surface area contributed by atoms with E-state index in [0.29, 0.717) is 18.5 Å². The molecule has 1 heterocycles. The fourth-order valence-electron chi connectivity index (χ4n) is 2.96. The van der Waals surface area contributed by atoms with Gasteiger partial charge in [0.1, 0.15) is 12.6 Å². The summed E-state index contributed by atoms with van der Waals surface area (Å²) in [5, 5.41) is 5.53. The molecule has 0 radical (unpaired) electrons. The Hall–Kier alpha value is -3.06. The van der Waals surface area contributed by atoms with Gasteiger partial charge in [-0.15, -0.1) is 0 Å². The molecule has 0 unspecified atom stereocenters. The number of alkyl carbamates (subject to hydrolysis) is 1. The molecule has 2 rings (SSSR count). The number of ether oxygens (including phenoxy) is 2. The van der Waals surface area contributed by atoms with Gasteiger partial charge in [-0.2, -0.15) is 0 Å². The fraction of sp³-hybridized carbons (Fsp3) is 0.364. The number of amides is 2. The highest BCUT2D eigenvalue weighted by Gasteiger charge is 2.24. The molecule has 1 aliphatic rings. The van der Waals surface area contributed by atoms with E-state index in [9.17, 15) is 9.59 Å². The first-order chi connectivity index (χ1) is 14.1. The van der Waals surface area contributed by atoms with E-state index in [0.717, 1.165) is 25.0 Å². The van der Waals surface area contributed by atoms with Crippen LogP contribution < -0.4 is 16.4 Å². The van der Waals surface area contributed by atoms with Crippen molar-refractivity contribution in [3.63, 3.8) is 0 Å². The van der Waals surface area contributed by atoms with Gasteiger partial charge in [-0.3, -0.25) is 4.79 Å². The lowest BCUT2D eigenvalue weighted by molar-refractivity contribution is -0.123. The van der Waals surface area contributed by atoms with Gasteiger partial charge >= 0.3 is 6.09 Å². The Morgan fingerprint density at radius 1 is 1.34 bits per heavy atom. The summed E-state index contributed by atoms with van der Waals surface area (Å²) in [4.78, 5) is 25.0. The van der Waals surface area contributed by atoms with E-state index in [1.54, 1.807) is 18.2 Å². The summed E-state index contributed by atoms with van der Waals surface area (Å²) in [6.07, 6.45) is 7.85. The van der Waals surface area contributed by atoms with Crippen LogP contribution in [-0.4, -0.2) is 43.9 Å². The maximum Gasteiger partial charge on any atom is 0.408 e. The lowest BCUT2D eigenvalue weighted by Gasteiger charge is -2.20. The van der Waals surface area contributed by atoms with Crippen molar-refractivity contribution in [1.82, 2.24) is 10.6 Å². The highest BCUT2D eigenvalue weighted by Crippen LogP contribution is 2.11. The molecule has 0 aromatic heterocycles. The average molecular weight is 399 g/mol. The van der Waals surface area contributed by atoms with E-state index >= 15 is 0 Å². The number of nitrogens with two attached hydrogens (primary N) is 1. The zero-order chi connectivity index (χ0) is 20.9. The minimum atomic E-state index is -0.761. The van der Waals surface area contributed by atoms with E-state index < -0.39 is 12.1 Å². The summed E-state index contributed by atoms with van der Waals surface area (Å²) in [6, 6.07) is 8.73. The SMILES string of the molecule is C=C/C=C(\C=C/N)COC(=O)N[C@@H](Cc1ccccc1)C(=O)NC[C@H]1CCCO1. The van der Waals surface area contributed by atoms with E-state index in [1.807, 2.05) is 30.3 Å². The number of hydrogen-bond acceptors (Lipinski definition) is 5. The molecular weight excluding hydrogens is 370 g/mol. The highest BCUT2D eigenvalue weighted by molar-refractivity contribution is 5.86. The largest absolute Gasteiger partial charge is 0.445 e. The highest BCUT2D eigenvalue weighted by atomic mass is 16.5. The van der Waals surface area contributed by atoms with Crippen LogP contribution in [0.2, 0.25) is 0 Å². The van der Waals surface area contributed by atoms with Crippen LogP contribution in [0.25, 0.3) is 0 Å². The van der Waals surface area contributed by atoms with Crippen molar-refractivity contribution in [1.29, 1.82) is 0 Å². The summed E-state index contributed by atoms with van der Waals surface area (Å²) < 4.78 is 10.8. The number of nitrogens with one attached hydrogen (secondary N) is 2. The normalized spacial score (nSPS) is 17.7. The number of allylic oxidation sites excluding steroid dienone is 2. The van der Waals surface area contributed by atoms with Crippen molar-refractivity contribution in [3.05, 3.63) is 72.5 Å². The first kappa shape index (κ1) is 22.2. The van der Waals surface area contributed by atoms with Gasteiger partial charge in [0.25, 0.3) is 0 Å². The molecule has 0 spiro atoms. The van der Waals surface area contributed by atoms with Crippen molar-refractivity contribution in [2.24, 2.45) is 5.73 Å². The van der Waals surface area contributed by atoms with Crippen LogP contribution in [0.15, 0.2) is 66.9 Å². The Morgan fingerprint density at radius 2 is 2.14 bits per heavy atom. The van der Waals surface area contributed by atoms with Crippen molar-refractivity contribution in [2.45, 2.75) is 31.4 Å². The van der Waals surface area contributed by atoms with E-state index in [4.69, 9.17) is 15.2 Å². The van der Waals surface area contributed by atoms with Crippen LogP contribution in [0.4, 0.5) is 4.79 Å². The first-order valence-corrected chi connectivity index (χ1v) is 9.68. The average Bonchev–Trinajstić information content (AvgIpc) is 3.24. The van der Waals surface area contributed by atoms with Gasteiger partial charge in [0.15, 0.2) is 0 Å². The maximum atomic E-state index is 12.7. The quantitative estimate of drug-likeness (QED) is 0.524. The van der Waals surface area contributed by atoms with Gasteiger partial charge < -0.3 is 25.8 Å². The third-order valence-electron chi connectivity index (χ3n) is 4.43. The second kappa shape index (κ2) is 12.4. The standard InChI is InChI=1S/C22H29N3O4/c1-2-7-18(11-12-23)16-29-22(27)25-20(14-17-8-4-3-5-9-17)21(26)24-15-19-10-6-13-28-19/h2-5,7-9,11-12,19-20H,1,6,10,13-16,23H2,(H,24,26)(H,25,27)/b12-11-,18-7+/t19-,20+/m1/s1. The third kappa shape index (κ3) is 8.23. The number of carbonyl (C=O) groups is 2. The summed E-state index contributed by atoms with van der Waals surface area (Å²) in [7, 11) is 0. The summed E-state index contributed by atoms with van der Waals surface area (Å²) in [6.45, 7) is 4.77. The van der Waals surface area contributed by atoms with Gasteiger partial charge in [-0.25, -0.2) is 4.79 Å². The molecule has 4 N–H and O–H groups in total. The lowest BCUT2D eigenvalue weighted by Crippen LogP contribution is -2.49. The first-order valence-electron chi connectivity index (χ1n) is 9.68. The van der Waals surface area contributed by atoms with Crippen LogP contribution in [0, 0.1) is 0 Å². The Balaban J connectivity index is 1.95. The van der Waals surface area contributed by atoms with Gasteiger partial charge in [-0.05, 0) is 36.3 Å². The van der Waals surface area contributed by atoms with Gasteiger partial charge in [0, 0.05) is 19.6 Å². The lowest BCUT2D eigenvalue weighted by atomic mass is 10.1. The van der Waals surface area contributed by atoms with Crippen LogP contribution in [0.3, 0.4) is 0 Å². The van der Waals surface area contributed by atoms with Crippen LogP contribution >= 0.6 is 0 Å². The minimum Gasteiger partial charge on any atom is -0.445 e. The second-order valence-electron chi connectivity index (χ2n) is 6.68. The monoisotopic (exact) mass is 399 g/mol. The Bertz CT molecular complexity index is 725. The fourth-order valence-corrected chi connectivity index (χ4v) is 2.96. The summed E-state index contributed by atoms with van der Waals surface area (Å²) in [5.74, 6) is -0.273. The molecule has 7 heteroatoms. The van der Waals surface area contributed by atoms with Gasteiger partial charge in [0.2, 0.25) is 5.91 Å². The molecule has 156 valence electrons. The van der Waals surface area contributed by atoms with Gasteiger partial charge in [-0.1, -0.05) is 49.1 Å². The number of carbonyl (C=O) groups excluding carboxylic acids is 2. The zero-order valence-electron chi connectivity index (χ0n) is 16.5. The molecule has 2 amide bonds. The molecule has 1 aliphatic heterocycles. The predicted octanol–water partition coefficient (Wildman–Crippen LogP) is 2.20. The maximum absolute atomic E-state index is 12.7. The third-order valence-corrected chi connectivity index (χ3v) is 4.43. The minimum absolute atomic E-state index is 0.0150. The second-order valence-corrected chi connectivity index (χ2v) is 6.68. The molecule has 0 aliphatic carbocycles. The molecule has 0 saturated carbocycles. The number of benzene rings is 1. The van der Waals surface area contributed by atoms with Crippen LogP contribution in [0.5, 0.6) is 0 Å². The predicted molar refractivity (Wildman–Crippen MR) is 112 cm³/mol. The molecule has 29 heavy (non-hydrogen) atoms. The molecule has 1 aromatic rings.